The number of phenols is 1. The van der Waals surface area contributed by atoms with Crippen LogP contribution in [-0.4, -0.2) is 141 Å². The van der Waals surface area contributed by atoms with Crippen LogP contribution in [0.2, 0.25) is 0 Å². The number of aliphatic hydroxyl groups is 2. The number of nitrogens with zero attached hydrogens (tertiary/aromatic N) is 4. The minimum Gasteiger partial charge on any atom is -0.507 e. The molecule has 5 bridgehead atoms. The number of carbonyl (C=O) groups excluding carboxylic acids is 5. The molecule has 0 saturated carbocycles. The van der Waals surface area contributed by atoms with E-state index in [0.29, 0.717) is 58.0 Å². The maximum absolute atomic E-state index is 14.7. The number of amides is 2. The number of aliphatic imine (C=N–C) groups is 1. The number of aliphatic hydroxyl groups excluding tert-OH is 2. The number of piperazine rings is 1. The summed E-state index contributed by atoms with van der Waals surface area (Å²) in [5.74, 6) is -5.35. The quantitative estimate of drug-likeness (QED) is 0.183. The molecule has 3 unspecified atom stereocenters. The van der Waals surface area contributed by atoms with Gasteiger partial charge in [0.25, 0.3) is 11.7 Å². The third kappa shape index (κ3) is 11.2. The van der Waals surface area contributed by atoms with E-state index in [1.54, 1.807) is 43.1 Å². The molecule has 2 aromatic rings. The average Bonchev–Trinajstić information content (AvgIpc) is 3.83. The Morgan fingerprint density at radius 1 is 0.944 bits per heavy atom. The third-order valence-electron chi connectivity index (χ3n) is 14.4. The van der Waals surface area contributed by atoms with Crippen molar-refractivity contribution in [2.24, 2.45) is 16.8 Å². The van der Waals surface area contributed by atoms with Gasteiger partial charge in [0.15, 0.2) is 0 Å². The highest BCUT2D eigenvalue weighted by Gasteiger charge is 2.54. The van der Waals surface area contributed by atoms with E-state index in [1.165, 1.54) is 25.7 Å². The van der Waals surface area contributed by atoms with Gasteiger partial charge in [0.05, 0.1) is 41.0 Å². The normalized spacial score (nSPS) is 28.0. The van der Waals surface area contributed by atoms with Crippen LogP contribution in [-0.2, 0) is 30.4 Å². The molecule has 1 spiro atoms. The predicted molar refractivity (Wildman–Crippen MR) is 264 cm³/mol. The first-order valence-corrected chi connectivity index (χ1v) is 25.0. The van der Waals surface area contributed by atoms with Crippen LogP contribution in [0.4, 0.5) is 0 Å². The number of rotatable bonds is 7. The summed E-state index contributed by atoms with van der Waals surface area (Å²) in [6.45, 7) is 16.0. The number of likely N-dealkylation sites (tertiary alicyclic amines) is 1. The van der Waals surface area contributed by atoms with Gasteiger partial charge in [0, 0.05) is 101 Å². The van der Waals surface area contributed by atoms with Gasteiger partial charge in [0.1, 0.15) is 35.4 Å². The van der Waals surface area contributed by atoms with Crippen LogP contribution in [0.1, 0.15) is 117 Å². The van der Waals surface area contributed by atoms with Crippen molar-refractivity contribution < 1.29 is 53.5 Å². The SMILES string of the molecule is C/C1=C/C=C/C(C)[C@H](O)CC(O)C[C@H](OC(=O)CC(=O)N2CCN(Cc3ccccc3)CC2)CC/C=C/OC2(C)Oc3c(C)c(O)c4c(c3C2=O)C2=NC3(CCN(CC(C)C)CC3)NC2=C(NC1=O)C4=O. The standard InChI is InChI=1S/C54H68N6O11/c1-32(2)30-58-20-18-54(19-21-58)56-45-42-43-48(65)35(5)50-44(42)51(67)53(6,71-50)69-26-11-10-17-38(70-41(64)29-40(63)60-24-22-59(23-25-60)31-36-15-8-7-9-16-36)27-37(61)28-39(62)33(3)13-12-14-34(4)52(68)55-47(49(43)66)46(45)57-54/h7-9,11-16,26,32-33,37-39,57,61-62,65H,10,17-25,27-31H2,1-6H3,(H,55,68)/b13-12+,26-11+,34-14-/t33?,37?,38-,39-,53?/m1/s1. The molecule has 9 rings (SSSR count). The van der Waals surface area contributed by atoms with Crippen molar-refractivity contribution in [2.45, 2.75) is 123 Å². The van der Waals surface area contributed by atoms with Crippen molar-refractivity contribution in [3.8, 4) is 11.5 Å². The number of allylic oxidation sites excluding steroid dienone is 5. The van der Waals surface area contributed by atoms with Crippen LogP contribution in [0.15, 0.2) is 82.9 Å². The van der Waals surface area contributed by atoms with E-state index in [4.69, 9.17) is 19.2 Å². The van der Waals surface area contributed by atoms with Crippen molar-refractivity contribution in [1.29, 1.82) is 0 Å². The Morgan fingerprint density at radius 3 is 2.37 bits per heavy atom. The zero-order valence-electron chi connectivity index (χ0n) is 41.7. The predicted octanol–water partition coefficient (Wildman–Crippen LogP) is 4.97. The van der Waals surface area contributed by atoms with Gasteiger partial charge in [-0.15, -0.1) is 0 Å². The molecule has 17 nitrogen and oxygen atoms in total. The molecule has 5 atom stereocenters. The smallest absolute Gasteiger partial charge is 0.315 e. The highest BCUT2D eigenvalue weighted by atomic mass is 16.7. The van der Waals surface area contributed by atoms with E-state index in [1.807, 2.05) is 18.2 Å². The first-order chi connectivity index (χ1) is 33.8. The number of ketones is 2. The zero-order valence-corrected chi connectivity index (χ0v) is 41.7. The van der Waals surface area contributed by atoms with Gasteiger partial charge in [-0.2, -0.15) is 0 Å². The molecule has 1 aliphatic carbocycles. The van der Waals surface area contributed by atoms with Crippen molar-refractivity contribution in [2.75, 3.05) is 45.8 Å². The first-order valence-electron chi connectivity index (χ1n) is 25.0. The lowest BCUT2D eigenvalue weighted by atomic mass is 9.82. The van der Waals surface area contributed by atoms with Crippen LogP contribution < -0.4 is 15.4 Å². The van der Waals surface area contributed by atoms with Gasteiger partial charge < -0.3 is 50.0 Å². The number of carbonyl (C=O) groups is 5. The van der Waals surface area contributed by atoms with Crippen molar-refractivity contribution in [3.63, 3.8) is 0 Å². The molecular formula is C54H68N6O11. The Hall–Kier alpha value is -6.14. The second-order valence-electron chi connectivity index (χ2n) is 20.4. The van der Waals surface area contributed by atoms with Crippen LogP contribution in [0, 0.1) is 18.8 Å². The van der Waals surface area contributed by atoms with Crippen molar-refractivity contribution in [3.05, 3.63) is 106 Å². The fraction of sp³-hybridized carbons (Fsp3) is 0.519. The van der Waals surface area contributed by atoms with E-state index in [0.717, 1.165) is 13.1 Å². The molecule has 380 valence electrons. The van der Waals surface area contributed by atoms with E-state index in [9.17, 15) is 39.3 Å². The number of hydrogen-bond acceptors (Lipinski definition) is 15. The van der Waals surface area contributed by atoms with Crippen molar-refractivity contribution in [1.82, 2.24) is 25.3 Å². The number of piperidine rings is 1. The number of esters is 1. The molecule has 5 N–H and O–H groups in total. The third-order valence-corrected chi connectivity index (χ3v) is 14.4. The number of aromatic hydroxyl groups is 1. The number of hydrogen-bond donors (Lipinski definition) is 5. The average molecular weight is 977 g/mol. The highest BCUT2D eigenvalue weighted by Crippen LogP contribution is 2.50. The summed E-state index contributed by atoms with van der Waals surface area (Å²) in [6.07, 6.45) is 5.82. The fourth-order valence-corrected chi connectivity index (χ4v) is 10.3. The summed E-state index contributed by atoms with van der Waals surface area (Å²) in [5, 5.41) is 40.5. The Labute approximate surface area is 415 Å². The second-order valence-corrected chi connectivity index (χ2v) is 20.4. The van der Waals surface area contributed by atoms with E-state index < -0.39 is 71.3 Å². The lowest BCUT2D eigenvalue weighted by Gasteiger charge is -2.38. The number of nitrogens with one attached hydrogen (secondary N) is 2. The fourth-order valence-electron chi connectivity index (χ4n) is 10.3. The van der Waals surface area contributed by atoms with Crippen molar-refractivity contribution >= 4 is 35.1 Å². The monoisotopic (exact) mass is 976 g/mol. The minimum atomic E-state index is -1.94. The Balaban J connectivity index is 1.04. The van der Waals surface area contributed by atoms with Gasteiger partial charge in [-0.1, -0.05) is 69.3 Å². The molecule has 0 radical (unpaired) electrons. The maximum atomic E-state index is 14.7. The van der Waals surface area contributed by atoms with Gasteiger partial charge >= 0.3 is 11.8 Å². The molecule has 2 fully saturated rings. The van der Waals surface area contributed by atoms with Crippen LogP contribution in [0.3, 0.4) is 0 Å². The summed E-state index contributed by atoms with van der Waals surface area (Å²) < 4.78 is 18.2. The Kier molecular flexibility index (Phi) is 15.4. The van der Waals surface area contributed by atoms with Gasteiger partial charge in [0.2, 0.25) is 11.7 Å². The molecule has 6 aliphatic heterocycles. The maximum Gasteiger partial charge on any atom is 0.315 e. The number of ether oxygens (including phenoxy) is 3. The zero-order chi connectivity index (χ0) is 50.8. The lowest BCUT2D eigenvalue weighted by molar-refractivity contribution is -0.155. The topological polar surface area (TPSA) is 220 Å². The summed E-state index contributed by atoms with van der Waals surface area (Å²) in [4.78, 5) is 81.5. The molecule has 2 saturated heterocycles. The van der Waals surface area contributed by atoms with Gasteiger partial charge in [-0.25, -0.2) is 0 Å². The molecule has 0 aromatic heterocycles. The summed E-state index contributed by atoms with van der Waals surface area (Å²) in [6, 6.07) is 10.1. The Morgan fingerprint density at radius 2 is 1.66 bits per heavy atom. The second kappa shape index (κ2) is 21.3. The largest absolute Gasteiger partial charge is 0.507 e. The number of phenolic OH excluding ortho intramolecular Hbond substituents is 1. The van der Waals surface area contributed by atoms with E-state index >= 15 is 0 Å². The van der Waals surface area contributed by atoms with E-state index in [-0.39, 0.29) is 82.3 Å². The first kappa shape index (κ1) is 51.2. The molecule has 2 amide bonds. The lowest BCUT2D eigenvalue weighted by Crippen LogP contribution is -2.50. The molecule has 17 heteroatoms. The highest BCUT2D eigenvalue weighted by molar-refractivity contribution is 6.34. The van der Waals surface area contributed by atoms with Crippen LogP contribution in [0.25, 0.3) is 0 Å². The number of benzene rings is 2. The van der Waals surface area contributed by atoms with Crippen LogP contribution >= 0.6 is 0 Å². The molecular weight excluding hydrogens is 909 g/mol. The van der Waals surface area contributed by atoms with Gasteiger partial charge in [-0.3, -0.25) is 33.9 Å². The van der Waals surface area contributed by atoms with Gasteiger partial charge in [-0.05, 0) is 50.7 Å². The number of Topliss-reactive ketones (excluding diaryl/α,β-unsaturated/α-hetero) is 2. The summed E-state index contributed by atoms with van der Waals surface area (Å²) in [5.41, 5.74) is 0.990. The summed E-state index contributed by atoms with van der Waals surface area (Å²) >= 11 is 0. The van der Waals surface area contributed by atoms with Crippen LogP contribution in [0.5, 0.6) is 11.5 Å². The molecule has 6 heterocycles. The Bertz CT molecular complexity index is 2570. The molecule has 2 aromatic carbocycles. The summed E-state index contributed by atoms with van der Waals surface area (Å²) in [7, 11) is 0. The minimum absolute atomic E-state index is 0.0221. The van der Waals surface area contributed by atoms with E-state index in [2.05, 4.69) is 46.4 Å². The molecule has 71 heavy (non-hydrogen) atoms. The number of fused-ring (bicyclic) bond motifs is 13. The molecule has 7 aliphatic rings.